The molecule has 13 heavy (non-hydrogen) atoms. The highest BCUT2D eigenvalue weighted by Crippen LogP contribution is 2.20. The molecule has 0 aliphatic carbocycles. The molecule has 72 valence electrons. The van der Waals surface area contributed by atoms with Gasteiger partial charge in [0.05, 0.1) is 0 Å². The van der Waals surface area contributed by atoms with Crippen molar-refractivity contribution in [2.24, 2.45) is 0 Å². The molecule has 0 radical (unpaired) electrons. The Balaban J connectivity index is 3.07. The summed E-state index contributed by atoms with van der Waals surface area (Å²) < 4.78 is 13.1. The lowest BCUT2D eigenvalue weighted by atomic mass is 10.0. The molecule has 1 heteroatoms. The third-order valence-corrected chi connectivity index (χ3v) is 2.35. The van der Waals surface area contributed by atoms with Gasteiger partial charge in [0.1, 0.15) is 6.17 Å². The number of alkyl halides is 1. The zero-order valence-electron chi connectivity index (χ0n) is 8.60. The van der Waals surface area contributed by atoms with E-state index >= 15 is 0 Å². The molecule has 0 aliphatic heterocycles. The van der Waals surface area contributed by atoms with Gasteiger partial charge in [-0.15, -0.1) is 0 Å². The van der Waals surface area contributed by atoms with Crippen LogP contribution in [-0.2, 0) is 12.8 Å². The predicted molar refractivity (Wildman–Crippen MR) is 54.7 cm³/mol. The van der Waals surface area contributed by atoms with Crippen LogP contribution in [0.5, 0.6) is 0 Å². The average Bonchev–Trinajstić information content (AvgIpc) is 2.16. The summed E-state index contributed by atoms with van der Waals surface area (Å²) in [5.41, 5.74) is 3.29. The average molecular weight is 180 g/mol. The fourth-order valence-corrected chi connectivity index (χ4v) is 1.43. The van der Waals surface area contributed by atoms with E-state index in [1.165, 1.54) is 11.1 Å². The van der Waals surface area contributed by atoms with Gasteiger partial charge in [0.2, 0.25) is 0 Å². The van der Waals surface area contributed by atoms with E-state index in [-0.39, 0.29) is 0 Å². The van der Waals surface area contributed by atoms with Crippen LogP contribution < -0.4 is 0 Å². The summed E-state index contributed by atoms with van der Waals surface area (Å²) in [6, 6.07) is 6.08. The molecule has 0 saturated carbocycles. The predicted octanol–water partition coefficient (Wildman–Crippen LogP) is 3.84. The van der Waals surface area contributed by atoms with E-state index < -0.39 is 6.17 Å². The zero-order chi connectivity index (χ0) is 9.84. The second-order valence-corrected chi connectivity index (χ2v) is 3.41. The summed E-state index contributed by atoms with van der Waals surface area (Å²) >= 11 is 0. The first kappa shape index (κ1) is 10.2. The number of rotatable bonds is 3. The first-order chi connectivity index (χ1) is 6.17. The molecule has 1 aromatic carbocycles. The van der Waals surface area contributed by atoms with Gasteiger partial charge in [-0.25, -0.2) is 4.39 Å². The molecule has 1 atom stereocenters. The van der Waals surface area contributed by atoms with E-state index in [1.807, 2.05) is 12.1 Å². The van der Waals surface area contributed by atoms with Crippen molar-refractivity contribution in [1.29, 1.82) is 0 Å². The molecule has 0 saturated heterocycles. The summed E-state index contributed by atoms with van der Waals surface area (Å²) in [6.07, 6.45) is 1.11. The van der Waals surface area contributed by atoms with Crippen LogP contribution in [0.15, 0.2) is 18.2 Å². The molecule has 0 bridgehead atoms. The van der Waals surface area contributed by atoms with Gasteiger partial charge in [0, 0.05) is 0 Å². The van der Waals surface area contributed by atoms with Crippen molar-refractivity contribution in [1.82, 2.24) is 0 Å². The second kappa shape index (κ2) is 4.40. The van der Waals surface area contributed by atoms with E-state index in [1.54, 1.807) is 6.92 Å². The lowest BCUT2D eigenvalue weighted by Crippen LogP contribution is -1.92. The summed E-state index contributed by atoms with van der Waals surface area (Å²) in [5, 5.41) is 0. The standard InChI is InChI=1S/C12H17F/c1-4-10-6-11(5-2)8-12(7-10)9(3)13/h6-9H,4-5H2,1-3H3. The Morgan fingerprint density at radius 2 is 1.54 bits per heavy atom. The topological polar surface area (TPSA) is 0 Å². The highest BCUT2D eigenvalue weighted by atomic mass is 19.1. The van der Waals surface area contributed by atoms with Crippen LogP contribution in [0.1, 0.15) is 43.6 Å². The monoisotopic (exact) mass is 180 g/mol. The molecular weight excluding hydrogens is 163 g/mol. The largest absolute Gasteiger partial charge is 0.243 e. The number of halogens is 1. The molecule has 0 fully saturated rings. The second-order valence-electron chi connectivity index (χ2n) is 3.41. The van der Waals surface area contributed by atoms with Crippen molar-refractivity contribution in [3.63, 3.8) is 0 Å². The Bertz CT molecular complexity index is 254. The maximum Gasteiger partial charge on any atom is 0.122 e. The van der Waals surface area contributed by atoms with Gasteiger partial charge in [-0.3, -0.25) is 0 Å². The van der Waals surface area contributed by atoms with E-state index in [0.29, 0.717) is 0 Å². The van der Waals surface area contributed by atoms with Crippen LogP contribution in [0.25, 0.3) is 0 Å². The van der Waals surface area contributed by atoms with Gasteiger partial charge in [-0.2, -0.15) is 0 Å². The minimum Gasteiger partial charge on any atom is -0.243 e. The number of benzene rings is 1. The first-order valence-corrected chi connectivity index (χ1v) is 4.94. The van der Waals surface area contributed by atoms with Crippen LogP contribution >= 0.6 is 0 Å². The van der Waals surface area contributed by atoms with Gasteiger partial charge in [0.25, 0.3) is 0 Å². The molecule has 0 N–H and O–H groups in total. The van der Waals surface area contributed by atoms with Crippen molar-refractivity contribution in [3.8, 4) is 0 Å². The highest BCUT2D eigenvalue weighted by Gasteiger charge is 2.05. The number of hydrogen-bond acceptors (Lipinski definition) is 0. The lowest BCUT2D eigenvalue weighted by Gasteiger charge is -2.08. The van der Waals surface area contributed by atoms with E-state index in [4.69, 9.17) is 0 Å². The van der Waals surface area contributed by atoms with Gasteiger partial charge in [-0.1, -0.05) is 32.0 Å². The minimum absolute atomic E-state index is 0.816. The number of aryl methyl sites for hydroxylation is 2. The smallest absolute Gasteiger partial charge is 0.122 e. The van der Waals surface area contributed by atoms with Crippen molar-refractivity contribution < 1.29 is 4.39 Å². The third-order valence-electron chi connectivity index (χ3n) is 2.35. The molecule has 0 spiro atoms. The minimum atomic E-state index is -0.850. The van der Waals surface area contributed by atoms with Crippen molar-refractivity contribution in [3.05, 3.63) is 34.9 Å². The molecule has 0 heterocycles. The SMILES string of the molecule is CCc1cc(CC)cc(C(C)F)c1. The molecule has 0 aliphatic rings. The Kier molecular flexibility index (Phi) is 3.47. The van der Waals surface area contributed by atoms with Crippen LogP contribution in [0.4, 0.5) is 4.39 Å². The Hall–Kier alpha value is -0.850. The van der Waals surface area contributed by atoms with Gasteiger partial charge in [-0.05, 0) is 36.5 Å². The fourth-order valence-electron chi connectivity index (χ4n) is 1.43. The maximum atomic E-state index is 13.1. The maximum absolute atomic E-state index is 13.1. The lowest BCUT2D eigenvalue weighted by molar-refractivity contribution is 0.374. The van der Waals surface area contributed by atoms with Gasteiger partial charge < -0.3 is 0 Å². The van der Waals surface area contributed by atoms with Crippen molar-refractivity contribution in [2.45, 2.75) is 39.8 Å². The van der Waals surface area contributed by atoms with E-state index in [0.717, 1.165) is 18.4 Å². The Morgan fingerprint density at radius 1 is 1.08 bits per heavy atom. The van der Waals surface area contributed by atoms with Gasteiger partial charge >= 0.3 is 0 Å². The molecule has 0 aromatic heterocycles. The van der Waals surface area contributed by atoms with Crippen LogP contribution in [0.3, 0.4) is 0 Å². The summed E-state index contributed by atoms with van der Waals surface area (Å²) in [4.78, 5) is 0. The normalized spacial score (nSPS) is 12.9. The van der Waals surface area contributed by atoms with Crippen LogP contribution in [0.2, 0.25) is 0 Å². The van der Waals surface area contributed by atoms with Crippen LogP contribution in [-0.4, -0.2) is 0 Å². The molecule has 0 nitrogen and oxygen atoms in total. The van der Waals surface area contributed by atoms with E-state index in [9.17, 15) is 4.39 Å². The summed E-state index contributed by atoms with van der Waals surface area (Å²) in [7, 11) is 0. The molecule has 1 unspecified atom stereocenters. The molecule has 0 amide bonds. The van der Waals surface area contributed by atoms with Gasteiger partial charge in [0.15, 0.2) is 0 Å². The highest BCUT2D eigenvalue weighted by molar-refractivity contribution is 5.31. The zero-order valence-corrected chi connectivity index (χ0v) is 8.60. The number of hydrogen-bond donors (Lipinski definition) is 0. The summed E-state index contributed by atoms with van der Waals surface area (Å²) in [6.45, 7) is 5.79. The third kappa shape index (κ3) is 2.55. The Morgan fingerprint density at radius 3 is 1.85 bits per heavy atom. The quantitative estimate of drug-likeness (QED) is 0.663. The first-order valence-electron chi connectivity index (χ1n) is 4.94. The molecule has 1 rings (SSSR count). The molecular formula is C12H17F. The fraction of sp³-hybridized carbons (Fsp3) is 0.500. The Labute approximate surface area is 79.8 Å². The van der Waals surface area contributed by atoms with Crippen LogP contribution in [0, 0.1) is 0 Å². The molecule has 1 aromatic rings. The van der Waals surface area contributed by atoms with Crippen molar-refractivity contribution >= 4 is 0 Å². The van der Waals surface area contributed by atoms with E-state index in [2.05, 4.69) is 19.9 Å². The summed E-state index contributed by atoms with van der Waals surface area (Å²) in [5.74, 6) is 0. The van der Waals surface area contributed by atoms with Crippen molar-refractivity contribution in [2.75, 3.05) is 0 Å².